The Labute approximate surface area is 122 Å². The summed E-state index contributed by atoms with van der Waals surface area (Å²) in [5.74, 6) is 0. The molecule has 0 aliphatic heterocycles. The van der Waals surface area contributed by atoms with Crippen molar-refractivity contribution in [2.45, 2.75) is 18.7 Å². The first-order chi connectivity index (χ1) is 8.95. The Kier molecular flexibility index (Phi) is 10.7. The molecule has 0 amide bonds. The molecule has 0 bridgehead atoms. The first-order valence-electron chi connectivity index (χ1n) is 5.45. The van der Waals surface area contributed by atoms with Crippen LogP contribution in [0.25, 0.3) is 0 Å². The summed E-state index contributed by atoms with van der Waals surface area (Å²) in [6.45, 7) is 3.98. The van der Waals surface area contributed by atoms with Gasteiger partial charge < -0.3 is 10.3 Å². The van der Waals surface area contributed by atoms with Crippen LogP contribution in [0.4, 0.5) is 5.69 Å². The molecule has 0 aromatic heterocycles. The van der Waals surface area contributed by atoms with Crippen LogP contribution in [-0.4, -0.2) is 15.1 Å². The van der Waals surface area contributed by atoms with Gasteiger partial charge in [-0.2, -0.15) is 4.72 Å². The van der Waals surface area contributed by atoms with Crippen molar-refractivity contribution < 1.29 is 12.9 Å². The third-order valence-electron chi connectivity index (χ3n) is 1.77. The smallest absolute Gasteiger partial charge is 0.242 e. The molecule has 0 fully saturated rings. The minimum atomic E-state index is -3.51. The fraction of sp³-hybridized carbons (Fsp3) is 0.333. The first kappa shape index (κ1) is 19.6. The molecular weight excluding hydrogens is 340 g/mol. The van der Waals surface area contributed by atoms with Gasteiger partial charge >= 0.3 is 0 Å². The van der Waals surface area contributed by atoms with Gasteiger partial charge in [0.25, 0.3) is 0 Å². The Morgan fingerprint density at radius 2 is 1.89 bits per heavy atom. The van der Waals surface area contributed by atoms with Gasteiger partial charge in [-0.15, -0.1) is 8.93 Å². The summed E-state index contributed by atoms with van der Waals surface area (Å²) in [6.07, 6.45) is 0. The summed E-state index contributed by atoms with van der Waals surface area (Å²) < 4.78 is 31.2. The Morgan fingerprint density at radius 1 is 1.37 bits per heavy atom. The van der Waals surface area contributed by atoms with Gasteiger partial charge in [0, 0.05) is 5.69 Å². The zero-order chi connectivity index (χ0) is 14.9. The number of benzene rings is 1. The Bertz CT molecular complexity index is 455. The number of rotatable bonds is 6. The number of nitrogens with one attached hydrogen (secondary N) is 1. The quantitative estimate of drug-likeness (QED) is 0.464. The lowest BCUT2D eigenvalue weighted by Gasteiger charge is -2.11. The largest absolute Gasteiger partial charge is 0.399 e. The van der Waals surface area contributed by atoms with E-state index in [0.717, 1.165) is 0 Å². The van der Waals surface area contributed by atoms with Crippen molar-refractivity contribution in [3.63, 3.8) is 0 Å². The molecule has 0 saturated heterocycles. The van der Waals surface area contributed by atoms with E-state index in [4.69, 9.17) is 10.3 Å². The lowest BCUT2D eigenvalue weighted by molar-refractivity contribution is 0.358. The lowest BCUT2D eigenvalue weighted by Crippen LogP contribution is -2.25. The molecule has 1 aromatic carbocycles. The van der Waals surface area contributed by atoms with Gasteiger partial charge in [0.15, 0.2) is 0 Å². The lowest BCUT2D eigenvalue weighted by atomic mass is 10.3. The van der Waals surface area contributed by atoms with Crippen molar-refractivity contribution >= 4 is 49.1 Å². The maximum Gasteiger partial charge on any atom is 0.242 e. The van der Waals surface area contributed by atoms with Gasteiger partial charge in [0.1, 0.15) is 6.73 Å². The summed E-state index contributed by atoms with van der Waals surface area (Å²) in [6, 6.07) is 6.00. The molecule has 10 heteroatoms. The number of anilines is 1. The fourth-order valence-electron chi connectivity index (χ4n) is 0.941. The van der Waals surface area contributed by atoms with Crippen molar-refractivity contribution in [1.29, 1.82) is 0 Å². The van der Waals surface area contributed by atoms with Crippen LogP contribution in [0.1, 0.15) is 13.8 Å². The second-order valence-corrected chi connectivity index (χ2v) is 13.3. The zero-order valence-electron chi connectivity index (χ0n) is 10.8. The SMILES string of the molecule is CC.Nc1ccc(S(=O)(=O)NCOP(P)PP)cc1. The second kappa shape index (κ2) is 10.4. The van der Waals surface area contributed by atoms with E-state index in [-0.39, 0.29) is 11.6 Å². The average molecular weight is 360 g/mol. The maximum atomic E-state index is 11.8. The van der Waals surface area contributed by atoms with E-state index in [9.17, 15) is 8.42 Å². The molecule has 110 valence electrons. The highest BCUT2D eigenvalue weighted by Crippen LogP contribution is 2.66. The van der Waals surface area contributed by atoms with Gasteiger partial charge in [-0.05, 0) is 32.2 Å². The van der Waals surface area contributed by atoms with Crippen molar-refractivity contribution in [1.82, 2.24) is 4.72 Å². The van der Waals surface area contributed by atoms with Crippen LogP contribution >= 0.6 is 33.3 Å². The fourth-order valence-corrected chi connectivity index (χ4v) is 3.49. The van der Waals surface area contributed by atoms with Gasteiger partial charge in [-0.3, -0.25) is 0 Å². The van der Waals surface area contributed by atoms with Crippen LogP contribution in [0, 0.1) is 0 Å². The highest BCUT2D eigenvalue weighted by Gasteiger charge is 2.13. The van der Waals surface area contributed by atoms with Crippen molar-refractivity contribution in [3.05, 3.63) is 24.3 Å². The molecule has 0 radical (unpaired) electrons. The molecule has 0 aliphatic rings. The minimum absolute atomic E-state index is 0.0245. The molecular formula is C9H20N2O3P4S. The number of hydrogen-bond donors (Lipinski definition) is 2. The molecule has 5 nitrogen and oxygen atoms in total. The Hall–Kier alpha value is 0.610. The second-order valence-electron chi connectivity index (χ2n) is 2.95. The van der Waals surface area contributed by atoms with Crippen LogP contribution in [0.5, 0.6) is 0 Å². The van der Waals surface area contributed by atoms with E-state index in [0.29, 0.717) is 13.6 Å². The predicted molar refractivity (Wildman–Crippen MR) is 93.1 cm³/mol. The highest BCUT2D eigenvalue weighted by molar-refractivity contribution is 8.59. The first-order valence-corrected chi connectivity index (χ1v) is 13.5. The normalized spacial score (nSPS) is 13.1. The maximum absolute atomic E-state index is 11.8. The Morgan fingerprint density at radius 3 is 2.37 bits per heavy atom. The molecule has 19 heavy (non-hydrogen) atoms. The molecule has 0 aliphatic carbocycles. The van der Waals surface area contributed by atoms with Gasteiger partial charge in [-0.1, -0.05) is 22.8 Å². The summed E-state index contributed by atoms with van der Waals surface area (Å²) in [7, 11) is 1.51. The monoisotopic (exact) mass is 360 g/mol. The van der Waals surface area contributed by atoms with E-state index in [1.54, 1.807) is 12.1 Å². The van der Waals surface area contributed by atoms with Gasteiger partial charge in [0.05, 0.1) is 12.4 Å². The van der Waals surface area contributed by atoms with E-state index in [1.165, 1.54) is 12.1 Å². The topological polar surface area (TPSA) is 81.4 Å². The summed E-state index contributed by atoms with van der Waals surface area (Å²) in [5.41, 5.74) is 6.01. The number of nitrogens with two attached hydrogens (primary N) is 1. The van der Waals surface area contributed by atoms with Crippen LogP contribution in [0.2, 0.25) is 0 Å². The molecule has 0 heterocycles. The number of nitrogen functional groups attached to an aromatic ring is 1. The van der Waals surface area contributed by atoms with Crippen molar-refractivity contribution in [2.75, 3.05) is 12.5 Å². The average Bonchev–Trinajstić information content (AvgIpc) is 2.41. The van der Waals surface area contributed by atoms with Gasteiger partial charge in [-0.25, -0.2) is 8.42 Å². The van der Waals surface area contributed by atoms with Crippen molar-refractivity contribution in [3.8, 4) is 0 Å². The zero-order valence-corrected chi connectivity index (χ0v) is 15.8. The van der Waals surface area contributed by atoms with Gasteiger partial charge in [0.2, 0.25) is 10.0 Å². The predicted octanol–water partition coefficient (Wildman–Crippen LogP) is 3.12. The molecule has 0 saturated carbocycles. The third kappa shape index (κ3) is 7.83. The van der Waals surface area contributed by atoms with E-state index >= 15 is 0 Å². The van der Waals surface area contributed by atoms with Crippen LogP contribution in [-0.2, 0) is 14.5 Å². The molecule has 4 atom stereocenters. The van der Waals surface area contributed by atoms with E-state index in [2.05, 4.69) is 22.6 Å². The Balaban J connectivity index is 0.00000154. The molecule has 0 spiro atoms. The highest BCUT2D eigenvalue weighted by atomic mass is 32.6. The van der Waals surface area contributed by atoms with Crippen LogP contribution in [0.15, 0.2) is 29.2 Å². The third-order valence-corrected chi connectivity index (χ3v) is 11.7. The molecule has 4 unspecified atom stereocenters. The number of sulfonamides is 1. The minimum Gasteiger partial charge on any atom is -0.399 e. The summed E-state index contributed by atoms with van der Waals surface area (Å²) >= 11 is 0. The molecule has 1 aromatic rings. The van der Waals surface area contributed by atoms with Crippen LogP contribution < -0.4 is 10.5 Å². The standard InChI is InChI=1S/C7H14N2O3P4S.C2H6/c8-6-1-3-7(4-2-6)17(10,11)9-5-12-16(14)15-13;1-2/h1-4,9,15H,5,8,13-14H2;1-2H3. The molecule has 3 N–H and O–H groups in total. The summed E-state index contributed by atoms with van der Waals surface area (Å²) in [4.78, 5) is 0.178. The van der Waals surface area contributed by atoms with Crippen molar-refractivity contribution in [2.24, 2.45) is 0 Å². The summed E-state index contributed by atoms with van der Waals surface area (Å²) in [5, 5.41) is 0. The number of hydrogen-bond acceptors (Lipinski definition) is 4. The van der Waals surface area contributed by atoms with Crippen LogP contribution in [0.3, 0.4) is 0 Å². The van der Waals surface area contributed by atoms with E-state index in [1.807, 2.05) is 13.8 Å². The van der Waals surface area contributed by atoms with E-state index < -0.39 is 17.5 Å². The molecule has 1 rings (SSSR count).